The number of anilines is 1. The van der Waals surface area contributed by atoms with Gasteiger partial charge >= 0.3 is 0 Å². The molecule has 2 aromatic heterocycles. The van der Waals surface area contributed by atoms with E-state index in [9.17, 15) is 4.79 Å². The molecule has 23 heavy (non-hydrogen) atoms. The molecule has 0 aliphatic heterocycles. The lowest BCUT2D eigenvalue weighted by molar-refractivity contribution is -0.118. The van der Waals surface area contributed by atoms with Crippen LogP contribution in [0.2, 0.25) is 0 Å². The van der Waals surface area contributed by atoms with Crippen molar-refractivity contribution >= 4 is 34.1 Å². The van der Waals surface area contributed by atoms with Gasteiger partial charge in [0.05, 0.1) is 5.25 Å². The van der Waals surface area contributed by atoms with Gasteiger partial charge in [0.15, 0.2) is 10.3 Å². The van der Waals surface area contributed by atoms with Crippen LogP contribution in [0.4, 0.5) is 5.13 Å². The zero-order valence-corrected chi connectivity index (χ0v) is 15.0. The molecule has 8 heteroatoms. The Bertz CT molecular complexity index is 636. The summed E-state index contributed by atoms with van der Waals surface area (Å²) in [6.45, 7) is 1.94. The average Bonchev–Trinajstić information content (AvgIpc) is 3.21. The molecule has 0 radical (unpaired) electrons. The average molecular weight is 352 g/mol. The van der Waals surface area contributed by atoms with Crippen LogP contribution in [0.25, 0.3) is 0 Å². The fourth-order valence-corrected chi connectivity index (χ4v) is 4.44. The number of aryl methyl sites for hydroxylation is 1. The fourth-order valence-electron chi connectivity index (χ4n) is 2.89. The molecule has 0 aromatic carbocycles. The molecule has 2 heterocycles. The Morgan fingerprint density at radius 3 is 2.83 bits per heavy atom. The van der Waals surface area contributed by atoms with E-state index in [0.29, 0.717) is 0 Å². The van der Waals surface area contributed by atoms with E-state index in [1.54, 1.807) is 12.5 Å². The number of hydrogen-bond acceptors (Lipinski definition) is 6. The second-order valence-electron chi connectivity index (χ2n) is 5.80. The molecule has 0 spiro atoms. The summed E-state index contributed by atoms with van der Waals surface area (Å²) in [5.74, 6) is 0.111. The van der Waals surface area contributed by atoms with Crippen molar-refractivity contribution in [2.24, 2.45) is 7.05 Å². The molecule has 1 atom stereocenters. The maximum atomic E-state index is 13.1. The first-order valence-electron chi connectivity index (χ1n) is 7.90. The Balaban J connectivity index is 1.78. The molecular formula is C15H21N5OS2. The van der Waals surface area contributed by atoms with Crippen molar-refractivity contribution in [1.29, 1.82) is 0 Å². The van der Waals surface area contributed by atoms with Crippen molar-refractivity contribution in [3.05, 3.63) is 17.9 Å². The van der Waals surface area contributed by atoms with Gasteiger partial charge in [0.2, 0.25) is 5.91 Å². The van der Waals surface area contributed by atoms with Crippen LogP contribution in [-0.4, -0.2) is 36.9 Å². The number of rotatable bonds is 5. The number of amides is 1. The molecule has 6 nitrogen and oxygen atoms in total. The van der Waals surface area contributed by atoms with E-state index in [2.05, 4.69) is 15.2 Å². The van der Waals surface area contributed by atoms with E-state index in [4.69, 9.17) is 0 Å². The standard InChI is InChI=1S/C15H21N5OS2/c1-11(23-15-18-17-10-19(15)2)13(21)20(14-16-8-9-22-14)12-6-4-3-5-7-12/h8-12H,3-7H2,1-2H3/t11-/m1/s1. The maximum absolute atomic E-state index is 13.1. The third-order valence-electron chi connectivity index (χ3n) is 4.10. The molecule has 0 N–H and O–H groups in total. The smallest absolute Gasteiger partial charge is 0.242 e. The van der Waals surface area contributed by atoms with Crippen molar-refractivity contribution in [3.63, 3.8) is 0 Å². The summed E-state index contributed by atoms with van der Waals surface area (Å²) in [5, 5.41) is 11.2. The van der Waals surface area contributed by atoms with Crippen LogP contribution in [-0.2, 0) is 11.8 Å². The second-order valence-corrected chi connectivity index (χ2v) is 7.98. The molecule has 3 rings (SSSR count). The Morgan fingerprint density at radius 2 is 2.22 bits per heavy atom. The van der Waals surface area contributed by atoms with Crippen LogP contribution in [0.15, 0.2) is 23.1 Å². The summed E-state index contributed by atoms with van der Waals surface area (Å²) >= 11 is 2.98. The van der Waals surface area contributed by atoms with Gasteiger partial charge < -0.3 is 4.57 Å². The second kappa shape index (κ2) is 7.44. The lowest BCUT2D eigenvalue weighted by Crippen LogP contribution is -2.45. The van der Waals surface area contributed by atoms with Crippen molar-refractivity contribution in [2.45, 2.75) is 55.5 Å². The zero-order valence-electron chi connectivity index (χ0n) is 13.4. The van der Waals surface area contributed by atoms with E-state index < -0.39 is 0 Å². The Labute approximate surface area is 144 Å². The third-order valence-corrected chi connectivity index (χ3v) is 6.01. The van der Waals surface area contributed by atoms with Gasteiger partial charge in [0, 0.05) is 24.7 Å². The predicted octanol–water partition coefficient (Wildman–Crippen LogP) is 3.12. The molecule has 0 unspecified atom stereocenters. The Morgan fingerprint density at radius 1 is 1.43 bits per heavy atom. The van der Waals surface area contributed by atoms with Crippen molar-refractivity contribution < 1.29 is 4.79 Å². The van der Waals surface area contributed by atoms with Crippen LogP contribution in [0.3, 0.4) is 0 Å². The van der Waals surface area contributed by atoms with Gasteiger partial charge in [0.1, 0.15) is 6.33 Å². The molecule has 2 aromatic rings. The fraction of sp³-hybridized carbons (Fsp3) is 0.600. The van der Waals surface area contributed by atoms with E-state index in [0.717, 1.165) is 23.1 Å². The first kappa shape index (κ1) is 16.4. The van der Waals surface area contributed by atoms with Crippen molar-refractivity contribution in [3.8, 4) is 0 Å². The normalized spacial score (nSPS) is 17.1. The van der Waals surface area contributed by atoms with Crippen LogP contribution in [0, 0.1) is 0 Å². The molecule has 0 bridgehead atoms. The molecule has 124 valence electrons. The number of thioether (sulfide) groups is 1. The zero-order chi connectivity index (χ0) is 16.2. The predicted molar refractivity (Wildman–Crippen MR) is 92.8 cm³/mol. The quantitative estimate of drug-likeness (QED) is 0.775. The number of nitrogens with zero attached hydrogens (tertiary/aromatic N) is 5. The minimum absolute atomic E-state index is 0.111. The van der Waals surface area contributed by atoms with Crippen molar-refractivity contribution in [2.75, 3.05) is 4.90 Å². The number of hydrogen-bond donors (Lipinski definition) is 0. The van der Waals surface area contributed by atoms with Crippen LogP contribution in [0.1, 0.15) is 39.0 Å². The van der Waals surface area contributed by atoms with Gasteiger partial charge in [-0.1, -0.05) is 31.0 Å². The number of carbonyl (C=O) groups is 1. The third kappa shape index (κ3) is 3.74. The monoisotopic (exact) mass is 351 g/mol. The number of aromatic nitrogens is 4. The first-order chi connectivity index (χ1) is 11.2. The van der Waals surface area contributed by atoms with Gasteiger partial charge in [0.25, 0.3) is 0 Å². The summed E-state index contributed by atoms with van der Waals surface area (Å²) in [6, 6.07) is 0.268. The molecule has 1 saturated carbocycles. The highest BCUT2D eigenvalue weighted by atomic mass is 32.2. The van der Waals surface area contributed by atoms with E-state index in [1.807, 2.05) is 28.8 Å². The highest BCUT2D eigenvalue weighted by molar-refractivity contribution is 8.00. The van der Waals surface area contributed by atoms with Crippen LogP contribution < -0.4 is 4.90 Å². The van der Waals surface area contributed by atoms with Crippen LogP contribution in [0.5, 0.6) is 0 Å². The molecule has 1 fully saturated rings. The summed E-state index contributed by atoms with van der Waals surface area (Å²) in [4.78, 5) is 19.4. The lowest BCUT2D eigenvalue weighted by Gasteiger charge is -2.33. The van der Waals surface area contributed by atoms with Gasteiger partial charge in [-0.05, 0) is 19.8 Å². The highest BCUT2D eigenvalue weighted by Crippen LogP contribution is 2.32. The van der Waals surface area contributed by atoms with Gasteiger partial charge in [-0.15, -0.1) is 21.5 Å². The van der Waals surface area contributed by atoms with E-state index in [1.165, 1.54) is 42.4 Å². The molecule has 1 aliphatic carbocycles. The van der Waals surface area contributed by atoms with Gasteiger partial charge in [-0.2, -0.15) is 0 Å². The van der Waals surface area contributed by atoms with Crippen LogP contribution >= 0.6 is 23.1 Å². The number of thiazole rings is 1. The van der Waals surface area contributed by atoms with Crippen molar-refractivity contribution in [1.82, 2.24) is 19.7 Å². The first-order valence-corrected chi connectivity index (χ1v) is 9.66. The topological polar surface area (TPSA) is 63.9 Å². The summed E-state index contributed by atoms with van der Waals surface area (Å²) in [7, 11) is 1.89. The van der Waals surface area contributed by atoms with Gasteiger partial charge in [-0.25, -0.2) is 4.98 Å². The molecular weight excluding hydrogens is 330 g/mol. The Hall–Kier alpha value is -1.41. The van der Waals surface area contributed by atoms with E-state index in [-0.39, 0.29) is 17.2 Å². The Kier molecular flexibility index (Phi) is 5.32. The number of carbonyl (C=O) groups excluding carboxylic acids is 1. The van der Waals surface area contributed by atoms with E-state index >= 15 is 0 Å². The minimum Gasteiger partial charge on any atom is -0.312 e. The molecule has 1 amide bonds. The maximum Gasteiger partial charge on any atom is 0.242 e. The largest absolute Gasteiger partial charge is 0.312 e. The molecule has 1 aliphatic rings. The molecule has 0 saturated heterocycles. The highest BCUT2D eigenvalue weighted by Gasteiger charge is 2.32. The SMILES string of the molecule is C[C@@H](Sc1nncn1C)C(=O)N(c1nccs1)C1CCCCC1. The summed E-state index contributed by atoms with van der Waals surface area (Å²) in [5.41, 5.74) is 0. The summed E-state index contributed by atoms with van der Waals surface area (Å²) in [6.07, 6.45) is 9.18. The summed E-state index contributed by atoms with van der Waals surface area (Å²) < 4.78 is 1.84. The minimum atomic E-state index is -0.219. The van der Waals surface area contributed by atoms with Gasteiger partial charge in [-0.3, -0.25) is 9.69 Å². The lowest BCUT2D eigenvalue weighted by atomic mass is 9.94.